The Bertz CT molecular complexity index is 778. The Morgan fingerprint density at radius 1 is 1.20 bits per heavy atom. The SMILES string of the molecule is CC(C)c1ccc(OC(C)(Cc2ccc(Cl)cc2)C(=O)C=[N+]=[N-])cc1. The van der Waals surface area contributed by atoms with E-state index in [2.05, 4.69) is 18.6 Å². The van der Waals surface area contributed by atoms with E-state index in [4.69, 9.17) is 21.9 Å². The van der Waals surface area contributed by atoms with Gasteiger partial charge in [-0.15, -0.1) is 0 Å². The van der Waals surface area contributed by atoms with Gasteiger partial charge >= 0.3 is 6.21 Å². The molecule has 0 aromatic heterocycles. The number of ether oxygens (including phenoxy) is 1. The lowest BCUT2D eigenvalue weighted by molar-refractivity contribution is -0.129. The van der Waals surface area contributed by atoms with Crippen molar-refractivity contribution >= 4 is 23.6 Å². The van der Waals surface area contributed by atoms with E-state index in [0.29, 0.717) is 23.1 Å². The Labute approximate surface area is 153 Å². The van der Waals surface area contributed by atoms with Gasteiger partial charge in [-0.2, -0.15) is 4.79 Å². The minimum absolute atomic E-state index is 0.320. The molecule has 0 spiro atoms. The summed E-state index contributed by atoms with van der Waals surface area (Å²) in [4.78, 5) is 15.3. The van der Waals surface area contributed by atoms with Crippen LogP contribution in [-0.4, -0.2) is 22.4 Å². The zero-order chi connectivity index (χ0) is 18.4. The molecular weight excluding hydrogens is 336 g/mol. The van der Waals surface area contributed by atoms with E-state index in [1.807, 2.05) is 36.4 Å². The van der Waals surface area contributed by atoms with Crippen molar-refractivity contribution < 1.29 is 14.3 Å². The maximum atomic E-state index is 12.5. The third-order valence-corrected chi connectivity index (χ3v) is 4.29. The van der Waals surface area contributed by atoms with Crippen molar-refractivity contribution in [1.29, 1.82) is 0 Å². The molecule has 0 amide bonds. The highest BCUT2D eigenvalue weighted by atomic mass is 35.5. The molecule has 0 fully saturated rings. The molecule has 0 N–H and O–H groups in total. The molecule has 0 aliphatic carbocycles. The highest BCUT2D eigenvalue weighted by molar-refractivity contribution is 6.30. The normalized spacial score (nSPS) is 13.0. The second-order valence-electron chi connectivity index (χ2n) is 6.47. The van der Waals surface area contributed by atoms with Gasteiger partial charge in [0.2, 0.25) is 0 Å². The number of ketones is 1. The van der Waals surface area contributed by atoms with Crippen LogP contribution in [0.3, 0.4) is 0 Å². The quantitative estimate of drug-likeness (QED) is 0.409. The van der Waals surface area contributed by atoms with Crippen LogP contribution in [0.5, 0.6) is 5.75 Å². The van der Waals surface area contributed by atoms with E-state index in [9.17, 15) is 4.79 Å². The number of rotatable bonds is 7. The molecule has 0 aliphatic heterocycles. The van der Waals surface area contributed by atoms with Crippen molar-refractivity contribution in [3.8, 4) is 5.75 Å². The van der Waals surface area contributed by atoms with Gasteiger partial charge in [0.1, 0.15) is 5.75 Å². The highest BCUT2D eigenvalue weighted by Gasteiger charge is 2.37. The lowest BCUT2D eigenvalue weighted by Gasteiger charge is -2.27. The van der Waals surface area contributed by atoms with Gasteiger partial charge in [-0.25, -0.2) is 0 Å². The fourth-order valence-electron chi connectivity index (χ4n) is 2.54. The van der Waals surface area contributed by atoms with Crippen LogP contribution in [0.25, 0.3) is 5.53 Å². The standard InChI is InChI=1S/C20H21ClN2O2/c1-14(2)16-6-10-18(11-7-16)25-20(3,19(24)13-23-22)12-15-4-8-17(21)9-5-15/h4-11,13-14H,12H2,1-3H3. The summed E-state index contributed by atoms with van der Waals surface area (Å²) in [5, 5.41) is 0.624. The molecule has 4 nitrogen and oxygen atoms in total. The van der Waals surface area contributed by atoms with Crippen LogP contribution in [0, 0.1) is 0 Å². The summed E-state index contributed by atoms with van der Waals surface area (Å²) in [5.74, 6) is 0.580. The van der Waals surface area contributed by atoms with Crippen molar-refractivity contribution in [2.24, 2.45) is 0 Å². The molecule has 0 heterocycles. The van der Waals surface area contributed by atoms with Crippen LogP contribution in [0.1, 0.15) is 37.8 Å². The highest BCUT2D eigenvalue weighted by Crippen LogP contribution is 2.25. The Kier molecular flexibility index (Phi) is 6.13. The molecule has 1 unspecified atom stereocenters. The van der Waals surface area contributed by atoms with Crippen molar-refractivity contribution in [3.05, 3.63) is 70.2 Å². The molecule has 25 heavy (non-hydrogen) atoms. The lowest BCUT2D eigenvalue weighted by Crippen LogP contribution is -2.44. The molecular formula is C20H21ClN2O2. The topological polar surface area (TPSA) is 62.7 Å². The zero-order valence-corrected chi connectivity index (χ0v) is 15.3. The summed E-state index contributed by atoms with van der Waals surface area (Å²) in [6.07, 6.45) is 1.19. The van der Waals surface area contributed by atoms with Crippen LogP contribution in [0.15, 0.2) is 48.5 Å². The van der Waals surface area contributed by atoms with E-state index < -0.39 is 11.4 Å². The van der Waals surface area contributed by atoms with E-state index >= 15 is 0 Å². The second-order valence-corrected chi connectivity index (χ2v) is 6.91. The van der Waals surface area contributed by atoms with Gasteiger partial charge in [-0.1, -0.05) is 49.7 Å². The fraction of sp³-hybridized carbons (Fsp3) is 0.300. The average molecular weight is 357 g/mol. The summed E-state index contributed by atoms with van der Waals surface area (Å²) in [5.41, 5.74) is 9.63. The minimum Gasteiger partial charge on any atom is -0.479 e. The molecule has 0 aliphatic rings. The van der Waals surface area contributed by atoms with E-state index in [1.54, 1.807) is 19.1 Å². The largest absolute Gasteiger partial charge is 0.479 e. The van der Waals surface area contributed by atoms with E-state index in [1.165, 1.54) is 5.56 Å². The number of hydrogen-bond donors (Lipinski definition) is 0. The number of benzene rings is 2. The number of Topliss-reactive ketones (excluding diaryl/α,β-unsaturated/α-hetero) is 1. The molecule has 0 radical (unpaired) electrons. The first-order chi connectivity index (χ1) is 11.8. The third kappa shape index (κ3) is 5.02. The summed E-state index contributed by atoms with van der Waals surface area (Å²) in [6.45, 7) is 5.91. The summed E-state index contributed by atoms with van der Waals surface area (Å²) in [7, 11) is 0. The van der Waals surface area contributed by atoms with Crippen molar-refractivity contribution in [3.63, 3.8) is 0 Å². The minimum atomic E-state index is -1.20. The van der Waals surface area contributed by atoms with Crippen LogP contribution < -0.4 is 4.74 Å². The first-order valence-electron chi connectivity index (χ1n) is 8.09. The number of carbonyl (C=O) groups is 1. The Morgan fingerprint density at radius 3 is 2.32 bits per heavy atom. The van der Waals surface area contributed by atoms with Gasteiger partial charge in [0, 0.05) is 11.4 Å². The molecule has 130 valence electrons. The van der Waals surface area contributed by atoms with Crippen molar-refractivity contribution in [2.75, 3.05) is 0 Å². The van der Waals surface area contributed by atoms with Crippen LogP contribution in [0.4, 0.5) is 0 Å². The molecule has 2 rings (SSSR count). The van der Waals surface area contributed by atoms with E-state index in [-0.39, 0.29) is 0 Å². The molecule has 0 saturated carbocycles. The van der Waals surface area contributed by atoms with Gasteiger partial charge in [0.15, 0.2) is 5.60 Å². The number of hydrogen-bond acceptors (Lipinski definition) is 2. The predicted molar refractivity (Wildman–Crippen MR) is 99.4 cm³/mol. The lowest BCUT2D eigenvalue weighted by atomic mass is 9.92. The zero-order valence-electron chi connectivity index (χ0n) is 14.6. The van der Waals surface area contributed by atoms with Crippen LogP contribution in [-0.2, 0) is 11.2 Å². The van der Waals surface area contributed by atoms with Gasteiger partial charge in [0.05, 0.1) is 0 Å². The monoisotopic (exact) mass is 356 g/mol. The van der Waals surface area contributed by atoms with Gasteiger partial charge < -0.3 is 10.3 Å². The fourth-order valence-corrected chi connectivity index (χ4v) is 2.66. The van der Waals surface area contributed by atoms with Crippen LogP contribution in [0.2, 0.25) is 5.02 Å². The van der Waals surface area contributed by atoms with Gasteiger partial charge in [-0.05, 0) is 48.2 Å². The molecule has 5 heteroatoms. The average Bonchev–Trinajstić information content (AvgIpc) is 2.57. The van der Waals surface area contributed by atoms with Crippen LogP contribution >= 0.6 is 11.6 Å². The first-order valence-corrected chi connectivity index (χ1v) is 8.47. The summed E-state index contributed by atoms with van der Waals surface area (Å²) < 4.78 is 6.00. The maximum absolute atomic E-state index is 12.5. The summed E-state index contributed by atoms with van der Waals surface area (Å²) in [6, 6.07) is 14.9. The van der Waals surface area contributed by atoms with Crippen molar-refractivity contribution in [1.82, 2.24) is 0 Å². The maximum Gasteiger partial charge on any atom is 0.327 e. The number of halogens is 1. The smallest absolute Gasteiger partial charge is 0.327 e. The first kappa shape index (κ1) is 18.9. The number of nitrogens with zero attached hydrogens (tertiary/aromatic N) is 2. The molecule has 2 aromatic rings. The molecule has 0 bridgehead atoms. The predicted octanol–water partition coefficient (Wildman–Crippen LogP) is 4.71. The van der Waals surface area contributed by atoms with Crippen molar-refractivity contribution in [2.45, 2.75) is 38.7 Å². The number of carbonyl (C=O) groups excluding carboxylic acids is 1. The van der Waals surface area contributed by atoms with E-state index in [0.717, 1.165) is 11.8 Å². The Hall–Kier alpha value is -2.42. The second kappa shape index (κ2) is 8.11. The Morgan fingerprint density at radius 2 is 1.80 bits per heavy atom. The Balaban J connectivity index is 2.29. The summed E-state index contributed by atoms with van der Waals surface area (Å²) >= 11 is 5.91. The van der Waals surface area contributed by atoms with Gasteiger partial charge in [0.25, 0.3) is 5.78 Å². The molecule has 0 saturated heterocycles. The molecule has 2 aromatic carbocycles. The molecule has 1 atom stereocenters. The third-order valence-electron chi connectivity index (χ3n) is 4.04. The van der Waals surface area contributed by atoms with Gasteiger partial charge in [-0.3, -0.25) is 4.79 Å².